The van der Waals surface area contributed by atoms with Gasteiger partial charge in [-0.05, 0) is 25.0 Å². The lowest BCUT2D eigenvalue weighted by Gasteiger charge is -2.25. The van der Waals surface area contributed by atoms with E-state index in [1.165, 1.54) is 7.11 Å². The highest BCUT2D eigenvalue weighted by atomic mass is 16.5. The van der Waals surface area contributed by atoms with Gasteiger partial charge in [0, 0.05) is 26.3 Å². The van der Waals surface area contributed by atoms with Crippen LogP contribution in [0.1, 0.15) is 33.1 Å². The standard InChI is InChI=1S/C20H31NO5/c1-4-5-13-25-14-9-12-21(15-17(2)20(23)24-3)19(22)16-26-18-10-7-6-8-11-18/h6-8,10-11,17H,4-5,9,12-16H2,1-3H3. The second-order valence-corrected chi connectivity index (χ2v) is 6.19. The maximum Gasteiger partial charge on any atom is 0.310 e. The molecule has 0 fully saturated rings. The van der Waals surface area contributed by atoms with Gasteiger partial charge in [-0.1, -0.05) is 38.5 Å². The molecule has 0 bridgehead atoms. The highest BCUT2D eigenvalue weighted by Gasteiger charge is 2.21. The van der Waals surface area contributed by atoms with E-state index >= 15 is 0 Å². The van der Waals surface area contributed by atoms with Crippen LogP contribution in [-0.2, 0) is 19.1 Å². The van der Waals surface area contributed by atoms with E-state index in [2.05, 4.69) is 6.92 Å². The monoisotopic (exact) mass is 365 g/mol. The molecule has 0 spiro atoms. The zero-order valence-corrected chi connectivity index (χ0v) is 16.1. The first-order chi connectivity index (χ1) is 12.6. The summed E-state index contributed by atoms with van der Waals surface area (Å²) in [6, 6.07) is 9.19. The van der Waals surface area contributed by atoms with Gasteiger partial charge in [-0.15, -0.1) is 0 Å². The van der Waals surface area contributed by atoms with Crippen molar-refractivity contribution < 1.29 is 23.8 Å². The molecule has 1 amide bonds. The molecule has 0 aromatic heterocycles. The Balaban J connectivity index is 2.51. The number of hydrogen-bond acceptors (Lipinski definition) is 5. The highest BCUT2D eigenvalue weighted by molar-refractivity contribution is 5.79. The van der Waals surface area contributed by atoms with Gasteiger partial charge in [0.1, 0.15) is 5.75 Å². The lowest BCUT2D eigenvalue weighted by Crippen LogP contribution is -2.40. The van der Waals surface area contributed by atoms with Crippen molar-refractivity contribution >= 4 is 11.9 Å². The molecule has 1 aromatic rings. The molecule has 1 unspecified atom stereocenters. The summed E-state index contributed by atoms with van der Waals surface area (Å²) in [7, 11) is 1.35. The number of benzene rings is 1. The zero-order chi connectivity index (χ0) is 19.2. The van der Waals surface area contributed by atoms with Gasteiger partial charge in [0.25, 0.3) is 5.91 Å². The number of methoxy groups -OCH3 is 1. The molecule has 146 valence electrons. The molecule has 6 heteroatoms. The number of carbonyl (C=O) groups is 2. The number of amides is 1. The number of hydrogen-bond donors (Lipinski definition) is 0. The fourth-order valence-corrected chi connectivity index (χ4v) is 2.38. The molecule has 6 nitrogen and oxygen atoms in total. The molecule has 1 atom stereocenters. The molecular weight excluding hydrogens is 334 g/mol. The van der Waals surface area contributed by atoms with Crippen LogP contribution in [0.25, 0.3) is 0 Å². The molecule has 0 N–H and O–H groups in total. The maximum absolute atomic E-state index is 12.5. The molecule has 1 aromatic carbocycles. The number of nitrogens with zero attached hydrogens (tertiary/aromatic N) is 1. The van der Waals surface area contributed by atoms with Crippen LogP contribution in [-0.4, -0.2) is 56.8 Å². The second-order valence-electron chi connectivity index (χ2n) is 6.19. The van der Waals surface area contributed by atoms with Gasteiger partial charge in [-0.3, -0.25) is 9.59 Å². The predicted octanol–water partition coefficient (Wildman–Crippen LogP) is 2.91. The van der Waals surface area contributed by atoms with Crippen LogP contribution in [0.2, 0.25) is 0 Å². The Hall–Kier alpha value is -2.08. The molecule has 0 heterocycles. The molecule has 0 aliphatic rings. The van der Waals surface area contributed by atoms with Crippen LogP contribution >= 0.6 is 0 Å². The average Bonchev–Trinajstić information content (AvgIpc) is 2.67. The summed E-state index contributed by atoms with van der Waals surface area (Å²) in [5.74, 6) is -0.226. The lowest BCUT2D eigenvalue weighted by molar-refractivity contribution is -0.146. The van der Waals surface area contributed by atoms with Crippen molar-refractivity contribution in [2.45, 2.75) is 33.1 Å². The normalized spacial score (nSPS) is 11.7. The van der Waals surface area contributed by atoms with Gasteiger partial charge in [0.2, 0.25) is 0 Å². The summed E-state index contributed by atoms with van der Waals surface area (Å²) in [6.45, 7) is 5.96. The van der Waals surface area contributed by atoms with Crippen molar-refractivity contribution in [3.63, 3.8) is 0 Å². The van der Waals surface area contributed by atoms with E-state index in [9.17, 15) is 9.59 Å². The molecule has 26 heavy (non-hydrogen) atoms. The largest absolute Gasteiger partial charge is 0.484 e. The molecule has 0 aliphatic carbocycles. The molecule has 1 rings (SSSR count). The van der Waals surface area contributed by atoms with E-state index in [-0.39, 0.29) is 24.4 Å². The predicted molar refractivity (Wildman–Crippen MR) is 100 cm³/mol. The minimum Gasteiger partial charge on any atom is -0.484 e. The first-order valence-electron chi connectivity index (χ1n) is 9.19. The highest BCUT2D eigenvalue weighted by Crippen LogP contribution is 2.10. The van der Waals surface area contributed by atoms with Gasteiger partial charge in [0.15, 0.2) is 6.61 Å². The Labute approximate surface area is 156 Å². The lowest BCUT2D eigenvalue weighted by atomic mass is 10.1. The molecule has 0 saturated carbocycles. The molecular formula is C20H31NO5. The van der Waals surface area contributed by atoms with Crippen molar-refractivity contribution in [3.05, 3.63) is 30.3 Å². The van der Waals surface area contributed by atoms with Crippen LogP contribution in [0.3, 0.4) is 0 Å². The van der Waals surface area contributed by atoms with E-state index in [1.54, 1.807) is 24.0 Å². The number of para-hydroxylation sites is 1. The summed E-state index contributed by atoms with van der Waals surface area (Å²) >= 11 is 0. The third-order valence-electron chi connectivity index (χ3n) is 3.91. The maximum atomic E-state index is 12.5. The van der Waals surface area contributed by atoms with Gasteiger partial charge >= 0.3 is 5.97 Å². The summed E-state index contributed by atoms with van der Waals surface area (Å²) < 4.78 is 15.8. The van der Waals surface area contributed by atoms with Crippen LogP contribution in [0.5, 0.6) is 5.75 Å². The van der Waals surface area contributed by atoms with E-state index in [4.69, 9.17) is 14.2 Å². The number of unbranched alkanes of at least 4 members (excludes halogenated alkanes) is 1. The van der Waals surface area contributed by atoms with Crippen molar-refractivity contribution in [1.82, 2.24) is 4.90 Å². The summed E-state index contributed by atoms with van der Waals surface area (Å²) in [5.41, 5.74) is 0. The van der Waals surface area contributed by atoms with Gasteiger partial charge in [0.05, 0.1) is 13.0 Å². The average molecular weight is 365 g/mol. The van der Waals surface area contributed by atoms with Crippen molar-refractivity contribution in [2.24, 2.45) is 5.92 Å². The van der Waals surface area contributed by atoms with E-state index < -0.39 is 0 Å². The van der Waals surface area contributed by atoms with Gasteiger partial charge < -0.3 is 19.1 Å². The minimum atomic E-state index is -0.387. The van der Waals surface area contributed by atoms with E-state index in [1.807, 2.05) is 18.2 Å². The first kappa shape index (κ1) is 22.0. The number of esters is 1. The summed E-state index contributed by atoms with van der Waals surface area (Å²) in [5, 5.41) is 0. The summed E-state index contributed by atoms with van der Waals surface area (Å²) in [4.78, 5) is 25.9. The SMILES string of the molecule is CCCCOCCCN(CC(C)C(=O)OC)C(=O)COc1ccccc1. The number of ether oxygens (including phenoxy) is 3. The van der Waals surface area contributed by atoms with E-state index in [0.29, 0.717) is 31.9 Å². The fourth-order valence-electron chi connectivity index (χ4n) is 2.38. The van der Waals surface area contributed by atoms with Crippen molar-refractivity contribution in [1.29, 1.82) is 0 Å². The van der Waals surface area contributed by atoms with Gasteiger partial charge in [-0.25, -0.2) is 0 Å². The number of carbonyl (C=O) groups excluding carboxylic acids is 2. The van der Waals surface area contributed by atoms with E-state index in [0.717, 1.165) is 19.4 Å². The van der Waals surface area contributed by atoms with Crippen LogP contribution < -0.4 is 4.74 Å². The smallest absolute Gasteiger partial charge is 0.310 e. The molecule has 0 aliphatic heterocycles. The second kappa shape index (κ2) is 13.2. The topological polar surface area (TPSA) is 65.1 Å². The Bertz CT molecular complexity index is 520. The third kappa shape index (κ3) is 8.85. The van der Waals surface area contributed by atoms with Crippen molar-refractivity contribution in [3.8, 4) is 5.75 Å². The van der Waals surface area contributed by atoms with Gasteiger partial charge in [-0.2, -0.15) is 0 Å². The zero-order valence-electron chi connectivity index (χ0n) is 16.1. The number of rotatable bonds is 13. The Morgan fingerprint density at radius 1 is 1.12 bits per heavy atom. The molecule has 0 radical (unpaired) electrons. The first-order valence-corrected chi connectivity index (χ1v) is 9.19. The Morgan fingerprint density at radius 3 is 2.46 bits per heavy atom. The fraction of sp³-hybridized carbons (Fsp3) is 0.600. The van der Waals surface area contributed by atoms with Crippen molar-refractivity contribution in [2.75, 3.05) is 40.0 Å². The molecule has 0 saturated heterocycles. The quantitative estimate of drug-likeness (QED) is 0.397. The van der Waals surface area contributed by atoms with Crippen LogP contribution in [0, 0.1) is 5.92 Å². The minimum absolute atomic E-state index is 0.0609. The Kier molecular flexibility index (Phi) is 11.1. The third-order valence-corrected chi connectivity index (χ3v) is 3.91. The van der Waals surface area contributed by atoms with Crippen LogP contribution in [0.4, 0.5) is 0 Å². The van der Waals surface area contributed by atoms with Crippen LogP contribution in [0.15, 0.2) is 30.3 Å². The Morgan fingerprint density at radius 2 is 1.81 bits per heavy atom. The summed E-state index contributed by atoms with van der Waals surface area (Å²) in [6.07, 6.45) is 2.85.